The van der Waals surface area contributed by atoms with E-state index < -0.39 is 0 Å². The van der Waals surface area contributed by atoms with Crippen LogP contribution in [0.5, 0.6) is 0 Å². The van der Waals surface area contributed by atoms with Gasteiger partial charge in [-0.05, 0) is 31.1 Å². The Morgan fingerprint density at radius 1 is 1.25 bits per heavy atom. The van der Waals surface area contributed by atoms with Crippen molar-refractivity contribution in [2.75, 3.05) is 13.2 Å². The van der Waals surface area contributed by atoms with Crippen LogP contribution < -0.4 is 0 Å². The lowest BCUT2D eigenvalue weighted by molar-refractivity contribution is 0.0450. The van der Waals surface area contributed by atoms with Crippen LogP contribution in [-0.4, -0.2) is 13.2 Å². The molecule has 0 aromatic heterocycles. The topological polar surface area (TPSA) is 9.23 Å². The van der Waals surface area contributed by atoms with E-state index in [9.17, 15) is 0 Å². The van der Waals surface area contributed by atoms with Crippen LogP contribution in [0.1, 0.15) is 39.0 Å². The number of ether oxygens (including phenoxy) is 1. The van der Waals surface area contributed by atoms with Gasteiger partial charge in [-0.1, -0.05) is 54.6 Å². The fourth-order valence-electron chi connectivity index (χ4n) is 2.37. The normalized spacial score (nSPS) is 19.5. The molecule has 0 aliphatic carbocycles. The smallest absolute Gasteiger partial charge is 0.121 e. The van der Waals surface area contributed by atoms with Crippen molar-refractivity contribution >= 4 is 34.8 Å². The molecule has 0 aromatic carbocycles. The van der Waals surface area contributed by atoms with Gasteiger partial charge in [-0.2, -0.15) is 0 Å². The fourth-order valence-corrected chi connectivity index (χ4v) is 2.72. The number of hydrogen-bond acceptors (Lipinski definition) is 1. The predicted octanol–water partition coefficient (Wildman–Crippen LogP) is 5.10. The lowest BCUT2D eigenvalue weighted by atomic mass is 9.81. The van der Waals surface area contributed by atoms with Gasteiger partial charge in [0.15, 0.2) is 0 Å². The molecular formula is C12H19Cl3O. The molecule has 1 unspecified atom stereocenters. The first-order chi connectivity index (χ1) is 7.65. The minimum absolute atomic E-state index is 0.217. The Morgan fingerprint density at radius 2 is 1.88 bits per heavy atom. The molecule has 0 bridgehead atoms. The average molecular weight is 286 g/mol. The van der Waals surface area contributed by atoms with E-state index in [0.717, 1.165) is 32.5 Å². The molecule has 16 heavy (non-hydrogen) atoms. The monoisotopic (exact) mass is 284 g/mol. The standard InChI is InChI=1S/C12H19Cl3O/c1-2-3-10(8-11(13)12(14)15)9-4-6-16-7-5-9/h9-10H,2-8H2,1H3. The molecule has 1 rings (SSSR count). The molecule has 1 saturated heterocycles. The minimum atomic E-state index is 0.217. The summed E-state index contributed by atoms with van der Waals surface area (Å²) in [5.74, 6) is 1.30. The summed E-state index contributed by atoms with van der Waals surface area (Å²) in [5, 5.41) is 0.605. The van der Waals surface area contributed by atoms with E-state index in [2.05, 4.69) is 6.92 Å². The zero-order valence-corrected chi connectivity index (χ0v) is 11.9. The number of halogens is 3. The maximum absolute atomic E-state index is 6.05. The van der Waals surface area contributed by atoms with E-state index >= 15 is 0 Å². The quantitative estimate of drug-likeness (QED) is 0.682. The third-order valence-electron chi connectivity index (χ3n) is 3.24. The zero-order chi connectivity index (χ0) is 12.0. The van der Waals surface area contributed by atoms with Gasteiger partial charge >= 0.3 is 0 Å². The summed E-state index contributed by atoms with van der Waals surface area (Å²) >= 11 is 17.4. The molecular weight excluding hydrogens is 266 g/mol. The second-order valence-electron chi connectivity index (χ2n) is 4.37. The Morgan fingerprint density at radius 3 is 2.38 bits per heavy atom. The summed E-state index contributed by atoms with van der Waals surface area (Å²) in [6, 6.07) is 0. The summed E-state index contributed by atoms with van der Waals surface area (Å²) in [4.78, 5) is 0. The van der Waals surface area contributed by atoms with Crippen LogP contribution >= 0.6 is 34.8 Å². The summed E-state index contributed by atoms with van der Waals surface area (Å²) < 4.78 is 5.60. The van der Waals surface area contributed by atoms with Gasteiger partial charge in [-0.25, -0.2) is 0 Å². The van der Waals surface area contributed by atoms with Crippen molar-refractivity contribution in [3.8, 4) is 0 Å². The first kappa shape index (κ1) is 14.6. The van der Waals surface area contributed by atoms with Crippen molar-refractivity contribution < 1.29 is 4.74 Å². The van der Waals surface area contributed by atoms with Gasteiger partial charge in [0.1, 0.15) is 4.49 Å². The number of rotatable bonds is 5. The summed E-state index contributed by atoms with van der Waals surface area (Å²) in [7, 11) is 0. The lowest BCUT2D eigenvalue weighted by Crippen LogP contribution is -2.23. The molecule has 0 saturated carbocycles. The van der Waals surface area contributed by atoms with E-state index in [1.165, 1.54) is 12.8 Å². The molecule has 1 aliphatic rings. The molecule has 0 amide bonds. The van der Waals surface area contributed by atoms with Crippen molar-refractivity contribution in [3.05, 3.63) is 9.52 Å². The molecule has 4 heteroatoms. The molecule has 0 aromatic rings. The van der Waals surface area contributed by atoms with Crippen LogP contribution in [0.3, 0.4) is 0 Å². The highest BCUT2D eigenvalue weighted by Crippen LogP contribution is 2.35. The Hall–Kier alpha value is 0.570. The first-order valence-corrected chi connectivity index (χ1v) is 7.06. The van der Waals surface area contributed by atoms with Crippen molar-refractivity contribution in [2.24, 2.45) is 11.8 Å². The van der Waals surface area contributed by atoms with Crippen LogP contribution in [0.25, 0.3) is 0 Å². The van der Waals surface area contributed by atoms with Crippen molar-refractivity contribution in [1.29, 1.82) is 0 Å². The molecule has 0 spiro atoms. The second-order valence-corrected chi connectivity index (χ2v) is 5.77. The molecule has 1 heterocycles. The fraction of sp³-hybridized carbons (Fsp3) is 0.833. The maximum Gasteiger partial charge on any atom is 0.121 e. The number of allylic oxidation sites excluding steroid dienone is 1. The van der Waals surface area contributed by atoms with E-state index in [1.807, 2.05) is 0 Å². The molecule has 1 fully saturated rings. The van der Waals surface area contributed by atoms with Gasteiger partial charge in [-0.15, -0.1) is 0 Å². The van der Waals surface area contributed by atoms with E-state index in [0.29, 0.717) is 16.9 Å². The van der Waals surface area contributed by atoms with E-state index in [4.69, 9.17) is 39.5 Å². The van der Waals surface area contributed by atoms with Crippen molar-refractivity contribution in [1.82, 2.24) is 0 Å². The van der Waals surface area contributed by atoms with Gasteiger partial charge in [0.05, 0.1) is 0 Å². The molecule has 1 atom stereocenters. The van der Waals surface area contributed by atoms with Crippen LogP contribution in [0, 0.1) is 11.8 Å². The zero-order valence-electron chi connectivity index (χ0n) is 9.65. The Kier molecular flexibility index (Phi) is 7.14. The van der Waals surface area contributed by atoms with Crippen molar-refractivity contribution in [3.63, 3.8) is 0 Å². The molecule has 1 nitrogen and oxygen atoms in total. The summed E-state index contributed by atoms with van der Waals surface area (Å²) in [5.41, 5.74) is 0. The van der Waals surface area contributed by atoms with Gasteiger partial charge in [0, 0.05) is 18.2 Å². The van der Waals surface area contributed by atoms with Gasteiger partial charge in [-0.3, -0.25) is 0 Å². The Labute approximate surface area is 113 Å². The van der Waals surface area contributed by atoms with Gasteiger partial charge in [0.25, 0.3) is 0 Å². The van der Waals surface area contributed by atoms with Crippen LogP contribution in [-0.2, 0) is 4.74 Å². The predicted molar refractivity (Wildman–Crippen MR) is 71.1 cm³/mol. The van der Waals surface area contributed by atoms with Gasteiger partial charge in [0.2, 0.25) is 0 Å². The first-order valence-electron chi connectivity index (χ1n) is 5.92. The van der Waals surface area contributed by atoms with Crippen molar-refractivity contribution in [2.45, 2.75) is 39.0 Å². The van der Waals surface area contributed by atoms with Crippen LogP contribution in [0.2, 0.25) is 0 Å². The summed E-state index contributed by atoms with van der Waals surface area (Å²) in [6.07, 6.45) is 5.43. The molecule has 94 valence electrons. The highest BCUT2D eigenvalue weighted by atomic mass is 35.5. The Bertz CT molecular complexity index is 230. The Balaban J connectivity index is 2.55. The molecule has 1 aliphatic heterocycles. The lowest BCUT2D eigenvalue weighted by Gasteiger charge is -2.30. The SMILES string of the molecule is CCCC(CC(Cl)=C(Cl)Cl)C1CCOCC1. The van der Waals surface area contributed by atoms with E-state index in [-0.39, 0.29) is 4.49 Å². The number of hydrogen-bond donors (Lipinski definition) is 0. The average Bonchev–Trinajstić information content (AvgIpc) is 2.29. The minimum Gasteiger partial charge on any atom is -0.381 e. The van der Waals surface area contributed by atoms with Gasteiger partial charge < -0.3 is 4.74 Å². The highest BCUT2D eigenvalue weighted by molar-refractivity contribution is 6.59. The molecule has 0 radical (unpaired) electrons. The van der Waals surface area contributed by atoms with E-state index in [1.54, 1.807) is 0 Å². The van der Waals surface area contributed by atoms with Crippen LogP contribution in [0.4, 0.5) is 0 Å². The summed E-state index contributed by atoms with van der Waals surface area (Å²) in [6.45, 7) is 3.95. The second kappa shape index (κ2) is 7.81. The third-order valence-corrected chi connectivity index (χ3v) is 4.23. The molecule has 0 N–H and O–H groups in total. The third kappa shape index (κ3) is 4.83. The largest absolute Gasteiger partial charge is 0.381 e. The highest BCUT2D eigenvalue weighted by Gasteiger charge is 2.24. The van der Waals surface area contributed by atoms with Crippen LogP contribution in [0.15, 0.2) is 9.52 Å². The maximum atomic E-state index is 6.05.